The SMILES string of the molecule is CCc1ccccc1-n1c(O)c(C2=c3cc(Br)ccc3=NC2=O)sc1=O. The number of carbonyl (C=O) groups excluding carboxylic acids is 1. The Bertz CT molecular complexity index is 1240. The Balaban J connectivity index is 2.03. The van der Waals surface area contributed by atoms with Crippen LogP contribution in [0.15, 0.2) is 56.7 Å². The molecule has 0 bridgehead atoms. The van der Waals surface area contributed by atoms with E-state index < -0.39 is 5.91 Å². The van der Waals surface area contributed by atoms with Gasteiger partial charge in [0, 0.05) is 9.69 Å². The summed E-state index contributed by atoms with van der Waals surface area (Å²) in [6.45, 7) is 1.98. The van der Waals surface area contributed by atoms with Gasteiger partial charge in [0.1, 0.15) is 4.88 Å². The van der Waals surface area contributed by atoms with Crippen LogP contribution in [-0.4, -0.2) is 15.6 Å². The lowest BCUT2D eigenvalue weighted by atomic mass is 10.1. The van der Waals surface area contributed by atoms with E-state index in [4.69, 9.17) is 0 Å². The van der Waals surface area contributed by atoms with Crippen LogP contribution in [-0.2, 0) is 11.2 Å². The van der Waals surface area contributed by atoms with E-state index in [1.165, 1.54) is 4.57 Å². The number of carbonyl (C=O) groups is 1. The number of hydrogen-bond donors (Lipinski definition) is 1. The van der Waals surface area contributed by atoms with Crippen molar-refractivity contribution in [1.82, 2.24) is 4.57 Å². The summed E-state index contributed by atoms with van der Waals surface area (Å²) in [5.74, 6) is -0.683. The molecular formula is C19H13BrN2O3S. The third kappa shape index (κ3) is 2.55. The van der Waals surface area contributed by atoms with Gasteiger partial charge in [-0.05, 0) is 36.2 Å². The molecular weight excluding hydrogens is 416 g/mol. The van der Waals surface area contributed by atoms with Gasteiger partial charge in [0.2, 0.25) is 5.88 Å². The number of para-hydroxylation sites is 1. The van der Waals surface area contributed by atoms with Crippen LogP contribution in [0.4, 0.5) is 0 Å². The van der Waals surface area contributed by atoms with E-state index >= 15 is 0 Å². The van der Waals surface area contributed by atoms with Crippen molar-refractivity contribution in [2.45, 2.75) is 13.3 Å². The number of aromatic hydroxyl groups is 1. The van der Waals surface area contributed by atoms with Crippen LogP contribution in [0.1, 0.15) is 17.4 Å². The number of fused-ring (bicyclic) bond motifs is 1. The number of nitrogens with zero attached hydrogens (tertiary/aromatic N) is 2. The fourth-order valence-electron chi connectivity index (χ4n) is 3.08. The number of benzene rings is 2. The molecule has 5 nitrogen and oxygen atoms in total. The zero-order valence-corrected chi connectivity index (χ0v) is 16.1. The van der Waals surface area contributed by atoms with Crippen molar-refractivity contribution in [3.63, 3.8) is 0 Å². The van der Waals surface area contributed by atoms with Gasteiger partial charge in [0.25, 0.3) is 5.91 Å². The number of hydrogen-bond acceptors (Lipinski definition) is 4. The van der Waals surface area contributed by atoms with E-state index in [-0.39, 0.29) is 21.2 Å². The molecule has 0 unspecified atom stereocenters. The van der Waals surface area contributed by atoms with Gasteiger partial charge in [-0.15, -0.1) is 0 Å². The van der Waals surface area contributed by atoms with Gasteiger partial charge in [-0.1, -0.05) is 52.4 Å². The molecule has 0 atom stereocenters. The molecule has 0 saturated carbocycles. The van der Waals surface area contributed by atoms with E-state index in [1.54, 1.807) is 24.3 Å². The summed E-state index contributed by atoms with van der Waals surface area (Å²) in [6.07, 6.45) is 0.716. The minimum atomic E-state index is -0.453. The normalized spacial score (nSPS) is 13.0. The molecule has 130 valence electrons. The summed E-state index contributed by atoms with van der Waals surface area (Å²) in [5.41, 5.74) is 1.82. The van der Waals surface area contributed by atoms with Crippen molar-refractivity contribution in [1.29, 1.82) is 0 Å². The minimum Gasteiger partial charge on any atom is -0.493 e. The van der Waals surface area contributed by atoms with Gasteiger partial charge in [-0.25, -0.2) is 9.56 Å². The highest BCUT2D eigenvalue weighted by Crippen LogP contribution is 2.31. The van der Waals surface area contributed by atoms with Gasteiger partial charge in [-0.3, -0.25) is 9.59 Å². The molecule has 0 fully saturated rings. The van der Waals surface area contributed by atoms with Crippen molar-refractivity contribution >= 4 is 38.7 Å². The van der Waals surface area contributed by atoms with Crippen LogP contribution in [0.5, 0.6) is 5.88 Å². The van der Waals surface area contributed by atoms with Crippen LogP contribution >= 0.6 is 27.3 Å². The first-order valence-corrected chi connectivity index (χ1v) is 9.58. The maximum Gasteiger partial charge on any atom is 0.315 e. The number of halogens is 1. The Labute approximate surface area is 160 Å². The first-order valence-electron chi connectivity index (χ1n) is 7.97. The molecule has 2 heterocycles. The fraction of sp³-hybridized carbons (Fsp3) is 0.105. The lowest BCUT2D eigenvalue weighted by molar-refractivity contribution is -0.112. The largest absolute Gasteiger partial charge is 0.493 e. The number of thiazole rings is 1. The number of aryl methyl sites for hydroxylation is 1. The lowest BCUT2D eigenvalue weighted by Crippen LogP contribution is -2.22. The van der Waals surface area contributed by atoms with E-state index in [0.29, 0.717) is 22.7 Å². The summed E-state index contributed by atoms with van der Waals surface area (Å²) in [5, 5.41) is 11.9. The van der Waals surface area contributed by atoms with Crippen molar-refractivity contribution < 1.29 is 9.90 Å². The molecule has 0 aliphatic carbocycles. The molecule has 1 N–H and O–H groups in total. The maximum absolute atomic E-state index is 12.6. The van der Waals surface area contributed by atoms with Gasteiger partial charge < -0.3 is 5.11 Å². The summed E-state index contributed by atoms with van der Waals surface area (Å²) >= 11 is 4.24. The average Bonchev–Trinajstić information content (AvgIpc) is 3.09. The summed E-state index contributed by atoms with van der Waals surface area (Å²) in [7, 11) is 0. The summed E-state index contributed by atoms with van der Waals surface area (Å²) < 4.78 is 2.05. The Morgan fingerprint density at radius 2 is 1.96 bits per heavy atom. The Morgan fingerprint density at radius 1 is 1.19 bits per heavy atom. The van der Waals surface area contributed by atoms with E-state index in [2.05, 4.69) is 20.9 Å². The Kier molecular flexibility index (Phi) is 4.13. The van der Waals surface area contributed by atoms with Crippen LogP contribution in [0.25, 0.3) is 11.3 Å². The predicted molar refractivity (Wildman–Crippen MR) is 103 cm³/mol. The summed E-state index contributed by atoms with van der Waals surface area (Å²) in [4.78, 5) is 29.0. The molecule has 1 aromatic heterocycles. The molecule has 0 radical (unpaired) electrons. The molecule has 1 amide bonds. The molecule has 2 aromatic carbocycles. The second-order valence-electron chi connectivity index (χ2n) is 5.79. The average molecular weight is 429 g/mol. The van der Waals surface area contributed by atoms with E-state index in [1.807, 2.05) is 25.1 Å². The second kappa shape index (κ2) is 6.34. The first-order chi connectivity index (χ1) is 12.5. The highest BCUT2D eigenvalue weighted by molar-refractivity contribution is 9.10. The Morgan fingerprint density at radius 3 is 2.73 bits per heavy atom. The molecule has 7 heteroatoms. The molecule has 1 aliphatic rings. The van der Waals surface area contributed by atoms with Crippen molar-refractivity contribution in [3.8, 4) is 11.6 Å². The van der Waals surface area contributed by atoms with Gasteiger partial charge in [-0.2, -0.15) is 0 Å². The topological polar surface area (TPSA) is 71.7 Å². The van der Waals surface area contributed by atoms with E-state index in [9.17, 15) is 14.7 Å². The van der Waals surface area contributed by atoms with Crippen molar-refractivity contribution in [2.24, 2.45) is 4.99 Å². The van der Waals surface area contributed by atoms with E-state index in [0.717, 1.165) is 21.4 Å². The van der Waals surface area contributed by atoms with Gasteiger partial charge in [0.05, 0.1) is 16.6 Å². The highest BCUT2D eigenvalue weighted by Gasteiger charge is 2.27. The van der Waals surface area contributed by atoms with Crippen molar-refractivity contribution in [2.75, 3.05) is 0 Å². The third-order valence-corrected chi connectivity index (χ3v) is 5.73. The first kappa shape index (κ1) is 16.9. The molecule has 3 aromatic rings. The molecule has 0 spiro atoms. The number of aromatic nitrogens is 1. The van der Waals surface area contributed by atoms with Crippen molar-refractivity contribution in [3.05, 3.63) is 77.6 Å². The molecule has 26 heavy (non-hydrogen) atoms. The number of amides is 1. The van der Waals surface area contributed by atoms with Crippen LogP contribution in [0, 0.1) is 0 Å². The smallest absolute Gasteiger partial charge is 0.315 e. The summed E-state index contributed by atoms with van der Waals surface area (Å²) in [6, 6.07) is 12.7. The van der Waals surface area contributed by atoms with Crippen LogP contribution < -0.4 is 15.4 Å². The highest BCUT2D eigenvalue weighted by atomic mass is 79.9. The zero-order chi connectivity index (χ0) is 18.4. The van der Waals surface area contributed by atoms with Crippen LogP contribution in [0.2, 0.25) is 0 Å². The number of rotatable bonds is 3. The molecule has 4 rings (SSSR count). The van der Waals surface area contributed by atoms with Gasteiger partial charge >= 0.3 is 4.87 Å². The minimum absolute atomic E-state index is 0.229. The molecule has 1 aliphatic heterocycles. The predicted octanol–water partition coefficient (Wildman–Crippen LogP) is 2.29. The third-order valence-electron chi connectivity index (χ3n) is 4.29. The monoisotopic (exact) mass is 428 g/mol. The standard InChI is InChI=1S/C19H13BrN2O3S/c1-2-10-5-3-4-6-14(10)22-18(24)16(26-19(22)25)15-12-9-11(20)7-8-13(12)21-17(15)23/h3-9,24H,2H2,1H3. The maximum atomic E-state index is 12.6. The van der Waals surface area contributed by atoms with Gasteiger partial charge in [0.15, 0.2) is 0 Å². The fourth-order valence-corrected chi connectivity index (χ4v) is 4.37. The Hall–Kier alpha value is -2.51. The lowest BCUT2D eigenvalue weighted by Gasteiger charge is -2.09. The second-order valence-corrected chi connectivity index (χ2v) is 7.67. The quantitative estimate of drug-likeness (QED) is 0.695. The van der Waals surface area contributed by atoms with Crippen LogP contribution in [0.3, 0.4) is 0 Å². The zero-order valence-electron chi connectivity index (χ0n) is 13.7. The molecule has 0 saturated heterocycles.